The van der Waals surface area contributed by atoms with Gasteiger partial charge in [0.2, 0.25) is 11.7 Å². The van der Waals surface area contributed by atoms with Crippen molar-refractivity contribution in [2.24, 2.45) is 0 Å². The van der Waals surface area contributed by atoms with Gasteiger partial charge in [-0.3, -0.25) is 10.1 Å². The highest BCUT2D eigenvalue weighted by Crippen LogP contribution is 2.20. The van der Waals surface area contributed by atoms with Crippen LogP contribution in [0.5, 0.6) is 0 Å². The molecule has 0 aliphatic carbocycles. The quantitative estimate of drug-likeness (QED) is 0.481. The third kappa shape index (κ3) is 2.92. The van der Waals surface area contributed by atoms with Gasteiger partial charge in [-0.15, -0.1) is 0 Å². The number of hydrogen-bond acceptors (Lipinski definition) is 5. The Labute approximate surface area is 111 Å². The highest BCUT2D eigenvalue weighted by Gasteiger charge is 2.10. The fourth-order valence-corrected chi connectivity index (χ4v) is 1.70. The standard InChI is InChI=1S/C11H10BrN3O3/c12-7-1-2-10-13-11(14-18-10)8-3-5-9(6-4-8)15(16)17/h3-6H,1-2,7H2. The van der Waals surface area contributed by atoms with Crippen LogP contribution in [0.15, 0.2) is 28.8 Å². The van der Waals surface area contributed by atoms with Crippen LogP contribution in [0.3, 0.4) is 0 Å². The third-order valence-corrected chi connectivity index (χ3v) is 2.89. The molecular formula is C11H10BrN3O3. The Morgan fingerprint density at radius 1 is 1.33 bits per heavy atom. The normalized spacial score (nSPS) is 10.5. The van der Waals surface area contributed by atoms with Crippen molar-refractivity contribution in [3.63, 3.8) is 0 Å². The van der Waals surface area contributed by atoms with Crippen LogP contribution in [0, 0.1) is 10.1 Å². The minimum absolute atomic E-state index is 0.0433. The number of nitrogens with zero attached hydrogens (tertiary/aromatic N) is 3. The Hall–Kier alpha value is -1.76. The molecule has 6 nitrogen and oxygen atoms in total. The molecule has 0 aliphatic heterocycles. The minimum Gasteiger partial charge on any atom is -0.339 e. The first kappa shape index (κ1) is 12.7. The Morgan fingerprint density at radius 3 is 2.67 bits per heavy atom. The first-order valence-corrected chi connectivity index (χ1v) is 6.46. The fraction of sp³-hybridized carbons (Fsp3) is 0.273. The van der Waals surface area contributed by atoms with Gasteiger partial charge >= 0.3 is 0 Å². The van der Waals surface area contributed by atoms with Gasteiger partial charge in [-0.1, -0.05) is 21.1 Å². The number of benzene rings is 1. The van der Waals surface area contributed by atoms with E-state index in [-0.39, 0.29) is 5.69 Å². The number of aryl methyl sites for hydroxylation is 1. The van der Waals surface area contributed by atoms with Crippen LogP contribution in [0.2, 0.25) is 0 Å². The number of hydrogen-bond donors (Lipinski definition) is 0. The van der Waals surface area contributed by atoms with E-state index in [4.69, 9.17) is 4.52 Å². The van der Waals surface area contributed by atoms with Gasteiger partial charge < -0.3 is 4.52 Å². The van der Waals surface area contributed by atoms with E-state index in [0.717, 1.165) is 11.8 Å². The van der Waals surface area contributed by atoms with Crippen molar-refractivity contribution < 1.29 is 9.45 Å². The summed E-state index contributed by atoms with van der Waals surface area (Å²) in [6, 6.07) is 6.06. The number of nitro groups is 1. The first-order chi connectivity index (χ1) is 8.70. The molecule has 1 aromatic heterocycles. The summed E-state index contributed by atoms with van der Waals surface area (Å²) in [6.45, 7) is 0. The van der Waals surface area contributed by atoms with Crippen molar-refractivity contribution in [3.8, 4) is 11.4 Å². The summed E-state index contributed by atoms with van der Waals surface area (Å²) in [6.07, 6.45) is 1.63. The Morgan fingerprint density at radius 2 is 2.06 bits per heavy atom. The molecule has 0 N–H and O–H groups in total. The zero-order valence-corrected chi connectivity index (χ0v) is 11.0. The van der Waals surface area contributed by atoms with Gasteiger partial charge in [0.1, 0.15) is 0 Å². The molecular weight excluding hydrogens is 302 g/mol. The van der Waals surface area contributed by atoms with Gasteiger partial charge in [0.05, 0.1) is 4.92 Å². The zero-order valence-electron chi connectivity index (χ0n) is 9.38. The molecule has 0 atom stereocenters. The van der Waals surface area contributed by atoms with E-state index < -0.39 is 4.92 Å². The molecule has 0 fully saturated rings. The van der Waals surface area contributed by atoms with Crippen LogP contribution in [-0.2, 0) is 6.42 Å². The smallest absolute Gasteiger partial charge is 0.269 e. The molecule has 1 heterocycles. The van der Waals surface area contributed by atoms with Gasteiger partial charge in [-0.2, -0.15) is 4.98 Å². The summed E-state index contributed by atoms with van der Waals surface area (Å²) in [5, 5.41) is 15.2. The number of rotatable bonds is 5. The maximum absolute atomic E-state index is 10.5. The largest absolute Gasteiger partial charge is 0.339 e. The van der Waals surface area contributed by atoms with Crippen molar-refractivity contribution in [1.29, 1.82) is 0 Å². The average molecular weight is 312 g/mol. The second-order valence-electron chi connectivity index (χ2n) is 3.61. The molecule has 0 aliphatic rings. The van der Waals surface area contributed by atoms with Crippen LogP contribution in [-0.4, -0.2) is 20.4 Å². The third-order valence-electron chi connectivity index (χ3n) is 2.33. The average Bonchev–Trinajstić information content (AvgIpc) is 2.85. The van der Waals surface area contributed by atoms with Crippen molar-refractivity contribution in [2.75, 3.05) is 5.33 Å². The minimum atomic E-state index is -0.443. The SMILES string of the molecule is O=[N+]([O-])c1ccc(-c2noc(CCCBr)n2)cc1. The molecule has 94 valence electrons. The summed E-state index contributed by atoms with van der Waals surface area (Å²) < 4.78 is 5.08. The van der Waals surface area contributed by atoms with E-state index in [1.54, 1.807) is 12.1 Å². The van der Waals surface area contributed by atoms with Crippen LogP contribution in [0.25, 0.3) is 11.4 Å². The van der Waals surface area contributed by atoms with E-state index in [2.05, 4.69) is 26.1 Å². The molecule has 0 spiro atoms. The predicted octanol–water partition coefficient (Wildman–Crippen LogP) is 2.97. The lowest BCUT2D eigenvalue weighted by Gasteiger charge is -1.93. The molecule has 0 bridgehead atoms. The number of halogens is 1. The topological polar surface area (TPSA) is 82.1 Å². The number of nitro benzene ring substituents is 1. The fourth-order valence-electron chi connectivity index (χ4n) is 1.42. The second-order valence-corrected chi connectivity index (χ2v) is 4.40. The van der Waals surface area contributed by atoms with Gasteiger partial charge in [0.25, 0.3) is 5.69 Å². The lowest BCUT2D eigenvalue weighted by atomic mass is 10.2. The molecule has 7 heteroatoms. The maximum atomic E-state index is 10.5. The summed E-state index contributed by atoms with van der Waals surface area (Å²) in [7, 11) is 0. The monoisotopic (exact) mass is 311 g/mol. The molecule has 0 saturated heterocycles. The molecule has 2 rings (SSSR count). The molecule has 0 unspecified atom stereocenters. The predicted molar refractivity (Wildman–Crippen MR) is 68.5 cm³/mol. The van der Waals surface area contributed by atoms with E-state index >= 15 is 0 Å². The Bertz CT molecular complexity index is 539. The number of non-ortho nitro benzene ring substituents is 1. The summed E-state index contributed by atoms with van der Waals surface area (Å²) in [4.78, 5) is 14.3. The molecule has 2 aromatic rings. The summed E-state index contributed by atoms with van der Waals surface area (Å²) >= 11 is 3.33. The Kier molecular flexibility index (Phi) is 4.03. The molecule has 0 saturated carbocycles. The van der Waals surface area contributed by atoms with Crippen molar-refractivity contribution >= 4 is 21.6 Å². The molecule has 18 heavy (non-hydrogen) atoms. The van der Waals surface area contributed by atoms with Crippen LogP contribution >= 0.6 is 15.9 Å². The van der Waals surface area contributed by atoms with Crippen LogP contribution in [0.1, 0.15) is 12.3 Å². The summed E-state index contributed by atoms with van der Waals surface area (Å²) in [5.74, 6) is 1.03. The maximum Gasteiger partial charge on any atom is 0.269 e. The van der Waals surface area contributed by atoms with Gasteiger partial charge in [-0.25, -0.2) is 0 Å². The van der Waals surface area contributed by atoms with Crippen LogP contribution in [0.4, 0.5) is 5.69 Å². The lowest BCUT2D eigenvalue weighted by molar-refractivity contribution is -0.384. The van der Waals surface area contributed by atoms with Gasteiger partial charge in [0.15, 0.2) is 0 Å². The number of aromatic nitrogens is 2. The van der Waals surface area contributed by atoms with Crippen molar-refractivity contribution in [1.82, 2.24) is 10.1 Å². The molecule has 0 amide bonds. The van der Waals surface area contributed by atoms with Crippen molar-refractivity contribution in [2.45, 2.75) is 12.8 Å². The van der Waals surface area contributed by atoms with Crippen molar-refractivity contribution in [3.05, 3.63) is 40.3 Å². The zero-order chi connectivity index (χ0) is 13.0. The first-order valence-electron chi connectivity index (χ1n) is 5.34. The van der Waals surface area contributed by atoms with E-state index in [9.17, 15) is 10.1 Å². The molecule has 1 aromatic carbocycles. The lowest BCUT2D eigenvalue weighted by Crippen LogP contribution is -1.88. The van der Waals surface area contributed by atoms with E-state index in [0.29, 0.717) is 23.7 Å². The van der Waals surface area contributed by atoms with E-state index in [1.807, 2.05) is 0 Å². The second kappa shape index (κ2) is 5.72. The van der Waals surface area contributed by atoms with Gasteiger partial charge in [0, 0.05) is 29.4 Å². The van der Waals surface area contributed by atoms with Crippen LogP contribution < -0.4 is 0 Å². The highest BCUT2D eigenvalue weighted by atomic mass is 79.9. The summed E-state index contributed by atoms with van der Waals surface area (Å²) in [5.41, 5.74) is 0.746. The Balaban J connectivity index is 2.15. The van der Waals surface area contributed by atoms with Gasteiger partial charge in [-0.05, 0) is 18.6 Å². The molecule has 0 radical (unpaired) electrons. The number of alkyl halides is 1. The van der Waals surface area contributed by atoms with E-state index in [1.165, 1.54) is 12.1 Å². The highest BCUT2D eigenvalue weighted by molar-refractivity contribution is 9.09.